The number of nitriles is 2. The number of carbonyl (C=O) groups is 1. The van der Waals surface area contributed by atoms with Crippen LogP contribution in [0.15, 0.2) is 18.2 Å². The summed E-state index contributed by atoms with van der Waals surface area (Å²) in [6.45, 7) is 7.19. The lowest BCUT2D eigenvalue weighted by atomic mass is 10.0. The van der Waals surface area contributed by atoms with Gasteiger partial charge in [0.25, 0.3) is 5.91 Å². The van der Waals surface area contributed by atoms with Gasteiger partial charge in [0.1, 0.15) is 23.0 Å². The minimum atomic E-state index is -0.694. The molecule has 0 saturated carbocycles. The van der Waals surface area contributed by atoms with Gasteiger partial charge in [-0.15, -0.1) is 0 Å². The second-order valence-electron chi connectivity index (χ2n) is 6.42. The van der Waals surface area contributed by atoms with Crippen molar-refractivity contribution < 1.29 is 9.90 Å². The number of nitrogens with zero attached hydrogens (tertiary/aromatic N) is 4. The number of amides is 1. The second-order valence-corrected chi connectivity index (χ2v) is 6.42. The molecule has 1 aromatic heterocycles. The monoisotopic (exact) mass is 351 g/mol. The fourth-order valence-corrected chi connectivity index (χ4v) is 2.59. The molecule has 0 fully saturated rings. The van der Waals surface area contributed by atoms with E-state index in [0.717, 1.165) is 5.56 Å². The quantitative estimate of drug-likeness (QED) is 0.857. The predicted molar refractivity (Wildman–Crippen MR) is 96.2 cm³/mol. The maximum Gasteiger partial charge on any atom is 0.271 e. The molecule has 0 aliphatic rings. The highest BCUT2D eigenvalue weighted by molar-refractivity contribution is 5.97. The molecule has 2 aromatic rings. The van der Waals surface area contributed by atoms with Crippen molar-refractivity contribution in [1.82, 2.24) is 15.1 Å². The first-order chi connectivity index (χ1) is 12.3. The van der Waals surface area contributed by atoms with E-state index in [1.54, 1.807) is 25.1 Å². The fraction of sp³-hybridized carbons (Fsp3) is 0.368. The van der Waals surface area contributed by atoms with Gasteiger partial charge < -0.3 is 10.4 Å². The van der Waals surface area contributed by atoms with Crippen LogP contribution in [0.3, 0.4) is 0 Å². The molecule has 1 unspecified atom stereocenters. The van der Waals surface area contributed by atoms with E-state index in [1.807, 2.05) is 20.8 Å². The van der Waals surface area contributed by atoms with Crippen LogP contribution in [0.5, 0.6) is 0 Å². The third-order valence-corrected chi connectivity index (χ3v) is 3.90. The van der Waals surface area contributed by atoms with Crippen LogP contribution in [0.2, 0.25) is 0 Å². The molecular weight excluding hydrogens is 330 g/mol. The molecule has 7 nitrogen and oxygen atoms in total. The second kappa shape index (κ2) is 7.81. The van der Waals surface area contributed by atoms with E-state index in [4.69, 9.17) is 5.26 Å². The number of benzene rings is 1. The number of hydrogen-bond donors (Lipinski definition) is 2. The van der Waals surface area contributed by atoms with E-state index < -0.39 is 12.0 Å². The molecule has 2 N–H and O–H groups in total. The molecule has 0 radical (unpaired) electrons. The van der Waals surface area contributed by atoms with Gasteiger partial charge in [-0.05, 0) is 45.4 Å². The summed E-state index contributed by atoms with van der Waals surface area (Å²) >= 11 is 0. The van der Waals surface area contributed by atoms with Crippen molar-refractivity contribution in [2.75, 3.05) is 6.54 Å². The van der Waals surface area contributed by atoms with Crippen LogP contribution in [0, 0.1) is 29.6 Å². The number of aliphatic hydroxyl groups is 1. The van der Waals surface area contributed by atoms with E-state index in [-0.39, 0.29) is 23.8 Å². The molecule has 2 rings (SSSR count). The van der Waals surface area contributed by atoms with Gasteiger partial charge in [-0.1, -0.05) is 6.07 Å². The molecule has 1 atom stereocenters. The van der Waals surface area contributed by atoms with Gasteiger partial charge in [-0.25, -0.2) is 0 Å². The summed E-state index contributed by atoms with van der Waals surface area (Å²) in [5, 5.41) is 35.2. The molecule has 0 aliphatic heterocycles. The van der Waals surface area contributed by atoms with E-state index in [0.29, 0.717) is 16.8 Å². The Bertz CT molecular complexity index is 913. The SMILES string of the molecule is Cc1cc(-c2nn(C(C)C)c(C(=O)NCC(C)O)c2C#N)ccc1C#N. The normalized spacial score (nSPS) is 11.7. The van der Waals surface area contributed by atoms with Crippen molar-refractivity contribution >= 4 is 5.91 Å². The topological polar surface area (TPSA) is 115 Å². The van der Waals surface area contributed by atoms with Crippen molar-refractivity contribution in [3.8, 4) is 23.4 Å². The Morgan fingerprint density at radius 3 is 2.50 bits per heavy atom. The summed E-state index contributed by atoms with van der Waals surface area (Å²) in [6.07, 6.45) is -0.694. The third kappa shape index (κ3) is 3.74. The van der Waals surface area contributed by atoms with Crippen LogP contribution in [0.4, 0.5) is 0 Å². The smallest absolute Gasteiger partial charge is 0.271 e. The van der Waals surface area contributed by atoms with Crippen LogP contribution in [0.1, 0.15) is 54.0 Å². The summed E-state index contributed by atoms with van der Waals surface area (Å²) in [4.78, 5) is 12.6. The highest BCUT2D eigenvalue weighted by Gasteiger charge is 2.26. The Morgan fingerprint density at radius 2 is 2.00 bits per heavy atom. The first-order valence-corrected chi connectivity index (χ1v) is 8.30. The van der Waals surface area contributed by atoms with Crippen LogP contribution in [-0.4, -0.2) is 33.4 Å². The predicted octanol–water partition coefficient (Wildman–Crippen LogP) is 2.29. The molecule has 7 heteroatoms. The average Bonchev–Trinajstić information content (AvgIpc) is 2.99. The van der Waals surface area contributed by atoms with E-state index in [1.165, 1.54) is 4.68 Å². The van der Waals surface area contributed by atoms with Gasteiger partial charge in [0, 0.05) is 18.2 Å². The first kappa shape index (κ1) is 19.2. The van der Waals surface area contributed by atoms with Gasteiger partial charge in [0.15, 0.2) is 0 Å². The van der Waals surface area contributed by atoms with E-state index >= 15 is 0 Å². The highest BCUT2D eigenvalue weighted by atomic mass is 16.3. The lowest BCUT2D eigenvalue weighted by molar-refractivity contribution is 0.0911. The molecule has 1 amide bonds. The standard InChI is InChI=1S/C19H21N5O2/c1-11(2)24-18(19(26)22-10-13(4)25)16(9-21)17(23-24)14-5-6-15(8-20)12(3)7-14/h5-7,11,13,25H,10H2,1-4H3,(H,22,26). The minimum absolute atomic E-state index is 0.0816. The third-order valence-electron chi connectivity index (χ3n) is 3.90. The molecule has 0 bridgehead atoms. The van der Waals surface area contributed by atoms with E-state index in [2.05, 4.69) is 22.6 Å². The van der Waals surface area contributed by atoms with Gasteiger partial charge >= 0.3 is 0 Å². The number of hydrogen-bond acceptors (Lipinski definition) is 5. The van der Waals surface area contributed by atoms with Crippen molar-refractivity contribution in [2.24, 2.45) is 0 Å². The van der Waals surface area contributed by atoms with Crippen LogP contribution >= 0.6 is 0 Å². The van der Waals surface area contributed by atoms with Gasteiger partial charge in [0.05, 0.1) is 17.7 Å². The van der Waals surface area contributed by atoms with Gasteiger partial charge in [0.2, 0.25) is 0 Å². The Balaban J connectivity index is 2.61. The molecule has 1 aromatic carbocycles. The number of carbonyl (C=O) groups excluding carboxylic acids is 1. The molecular formula is C19H21N5O2. The van der Waals surface area contributed by atoms with Crippen molar-refractivity contribution in [2.45, 2.75) is 39.8 Å². The van der Waals surface area contributed by atoms with Crippen molar-refractivity contribution in [3.05, 3.63) is 40.6 Å². The zero-order chi connectivity index (χ0) is 19.4. The van der Waals surface area contributed by atoms with Crippen LogP contribution in [0.25, 0.3) is 11.3 Å². The summed E-state index contributed by atoms with van der Waals surface area (Å²) in [6, 6.07) is 9.23. The number of aromatic nitrogens is 2. The maximum absolute atomic E-state index is 12.6. The number of aryl methyl sites for hydroxylation is 1. The lowest BCUT2D eigenvalue weighted by Crippen LogP contribution is -2.33. The molecule has 134 valence electrons. The van der Waals surface area contributed by atoms with Gasteiger partial charge in [-0.2, -0.15) is 15.6 Å². The largest absolute Gasteiger partial charge is 0.392 e. The van der Waals surface area contributed by atoms with Crippen LogP contribution < -0.4 is 5.32 Å². The Hall–Kier alpha value is -3.16. The fourth-order valence-electron chi connectivity index (χ4n) is 2.59. The van der Waals surface area contributed by atoms with Crippen molar-refractivity contribution in [1.29, 1.82) is 10.5 Å². The Morgan fingerprint density at radius 1 is 1.31 bits per heavy atom. The molecule has 0 spiro atoms. The minimum Gasteiger partial charge on any atom is -0.392 e. The number of aliphatic hydroxyl groups excluding tert-OH is 1. The molecule has 0 aliphatic carbocycles. The molecule has 26 heavy (non-hydrogen) atoms. The maximum atomic E-state index is 12.6. The molecule has 1 heterocycles. The zero-order valence-corrected chi connectivity index (χ0v) is 15.2. The average molecular weight is 351 g/mol. The number of nitrogens with one attached hydrogen (secondary N) is 1. The van der Waals surface area contributed by atoms with Crippen molar-refractivity contribution in [3.63, 3.8) is 0 Å². The summed E-state index contributed by atoms with van der Waals surface area (Å²) in [5.74, 6) is -0.458. The lowest BCUT2D eigenvalue weighted by Gasteiger charge is -2.12. The summed E-state index contributed by atoms with van der Waals surface area (Å²) < 4.78 is 1.51. The summed E-state index contributed by atoms with van der Waals surface area (Å²) in [7, 11) is 0. The Kier molecular flexibility index (Phi) is 5.76. The molecule has 0 saturated heterocycles. The van der Waals surface area contributed by atoms with E-state index in [9.17, 15) is 15.2 Å². The zero-order valence-electron chi connectivity index (χ0n) is 15.2. The highest BCUT2D eigenvalue weighted by Crippen LogP contribution is 2.28. The summed E-state index contributed by atoms with van der Waals surface area (Å²) in [5.41, 5.74) is 2.72. The number of rotatable bonds is 5. The van der Waals surface area contributed by atoms with Gasteiger partial charge in [-0.3, -0.25) is 9.48 Å². The first-order valence-electron chi connectivity index (χ1n) is 8.30. The Labute approximate surface area is 152 Å². The van der Waals surface area contributed by atoms with Crippen LogP contribution in [-0.2, 0) is 0 Å².